The van der Waals surface area contributed by atoms with Gasteiger partial charge in [0, 0.05) is 7.43 Å². The molecule has 0 fully saturated rings. The van der Waals surface area contributed by atoms with Crippen LogP contribution in [0.2, 0.25) is 0 Å². The predicted octanol–water partition coefficient (Wildman–Crippen LogP) is 0.298. The first-order valence-electron chi connectivity index (χ1n) is 3.49. The van der Waals surface area contributed by atoms with Gasteiger partial charge >= 0.3 is 0 Å². The number of hydrogen-bond acceptors (Lipinski definition) is 2. The maximum Gasteiger partial charge on any atom is 0.270 e. The highest BCUT2D eigenvalue weighted by atomic mass is 16.1. The summed E-state index contributed by atoms with van der Waals surface area (Å²) in [6.07, 6.45) is 0. The van der Waals surface area contributed by atoms with E-state index in [0.717, 1.165) is 0 Å². The second-order valence-corrected chi connectivity index (χ2v) is 2.45. The van der Waals surface area contributed by atoms with Crippen molar-refractivity contribution >= 4 is 10.8 Å². The molecule has 4 heteroatoms. The molecule has 0 aliphatic rings. The van der Waals surface area contributed by atoms with Crippen molar-refractivity contribution in [1.29, 1.82) is 0 Å². The van der Waals surface area contributed by atoms with Gasteiger partial charge in [-0.1, -0.05) is 12.1 Å². The lowest BCUT2D eigenvalue weighted by molar-refractivity contribution is 0.976. The maximum absolute atomic E-state index is 11.1. The van der Waals surface area contributed by atoms with Crippen LogP contribution >= 0.6 is 0 Å². The zero-order valence-electron chi connectivity index (χ0n) is 6.63. The smallest absolute Gasteiger partial charge is 0.267 e. The van der Waals surface area contributed by atoms with Gasteiger partial charge < -0.3 is 0 Å². The third-order valence-electron chi connectivity index (χ3n) is 1.71. The quantitative estimate of drug-likeness (QED) is 0.603. The molecule has 1 aromatic heterocycles. The monoisotopic (exact) mass is 174 g/mol. The molecule has 64 valence electrons. The Labute approximate surface area is 74.2 Å². The topological polar surface area (TPSA) is 65.7 Å². The van der Waals surface area contributed by atoms with Gasteiger partial charge in [-0.05, 0) is 12.1 Å². The van der Waals surface area contributed by atoms with Crippen molar-refractivity contribution in [3.05, 3.63) is 52.4 Å². The molecule has 2 rings (SSSR count). The molecule has 2 aromatic rings. The number of fused-ring (bicyclic) bond motifs is 1. The number of hydrogen-bond donors (Lipinski definition) is 2. The lowest BCUT2D eigenvalue weighted by Gasteiger charge is -1.92. The minimum Gasteiger partial charge on any atom is -0.267 e. The van der Waals surface area contributed by atoms with E-state index in [1.165, 1.54) is 0 Å². The van der Waals surface area contributed by atoms with Gasteiger partial charge in [-0.25, -0.2) is 0 Å². The van der Waals surface area contributed by atoms with Crippen molar-refractivity contribution < 1.29 is 0 Å². The molecule has 4 radical (unpaired) electrons. The highest BCUT2D eigenvalue weighted by Crippen LogP contribution is 2.00. The van der Waals surface area contributed by atoms with Crippen LogP contribution in [-0.4, -0.2) is 10.2 Å². The minimum absolute atomic E-state index is 0. The van der Waals surface area contributed by atoms with Crippen LogP contribution in [-0.2, 0) is 0 Å². The van der Waals surface area contributed by atoms with Crippen LogP contribution < -0.4 is 11.1 Å². The van der Waals surface area contributed by atoms with E-state index in [9.17, 15) is 9.59 Å². The van der Waals surface area contributed by atoms with Crippen LogP contribution in [0.25, 0.3) is 10.8 Å². The molecule has 13 heavy (non-hydrogen) atoms. The van der Waals surface area contributed by atoms with Gasteiger partial charge in [0.2, 0.25) is 0 Å². The molecule has 0 amide bonds. The van der Waals surface area contributed by atoms with Gasteiger partial charge in [-0.3, -0.25) is 19.8 Å². The summed E-state index contributed by atoms with van der Waals surface area (Å²) in [6.45, 7) is 0. The van der Waals surface area contributed by atoms with Crippen molar-refractivity contribution in [3.8, 4) is 0 Å². The Morgan fingerprint density at radius 2 is 1.23 bits per heavy atom. The third kappa shape index (κ3) is 1.38. The molecule has 0 spiro atoms. The molecule has 0 unspecified atom stereocenters. The van der Waals surface area contributed by atoms with Crippen molar-refractivity contribution in [3.63, 3.8) is 0 Å². The van der Waals surface area contributed by atoms with Gasteiger partial charge in [-0.2, -0.15) is 0 Å². The lowest BCUT2D eigenvalue weighted by Crippen LogP contribution is -2.18. The normalized spacial score (nSPS) is 9.54. The summed E-state index contributed by atoms with van der Waals surface area (Å²) in [7, 11) is 0. The third-order valence-corrected chi connectivity index (χ3v) is 1.71. The molecule has 1 aromatic carbocycles. The average molecular weight is 174 g/mol. The highest BCUT2D eigenvalue weighted by Gasteiger charge is 1.98. The Bertz CT molecular complexity index is 476. The maximum atomic E-state index is 11.1. The Kier molecular flexibility index (Phi) is 2.32. The number of aromatic amines is 2. The van der Waals surface area contributed by atoms with E-state index in [2.05, 4.69) is 10.2 Å². The predicted molar refractivity (Wildman–Crippen MR) is 48.4 cm³/mol. The minimum atomic E-state index is -0.273. The molecule has 0 aliphatic carbocycles. The molecule has 2 N–H and O–H groups in total. The van der Waals surface area contributed by atoms with E-state index in [-0.39, 0.29) is 18.5 Å². The Morgan fingerprint density at radius 3 is 1.62 bits per heavy atom. The van der Waals surface area contributed by atoms with Crippen molar-refractivity contribution in [2.24, 2.45) is 0 Å². The summed E-state index contributed by atoms with van der Waals surface area (Å²) in [5, 5.41) is 5.33. The zero-order chi connectivity index (χ0) is 8.55. The molecular weight excluding hydrogens is 168 g/mol. The van der Waals surface area contributed by atoms with E-state index in [1.54, 1.807) is 24.3 Å². The summed E-state index contributed by atoms with van der Waals surface area (Å²) < 4.78 is 0. The molecule has 4 nitrogen and oxygen atoms in total. The van der Waals surface area contributed by atoms with Crippen LogP contribution in [0.3, 0.4) is 0 Å². The number of rotatable bonds is 0. The molecular formula is C9H6N2O2. The summed E-state index contributed by atoms with van der Waals surface area (Å²) in [5.41, 5.74) is -0.546. The fourth-order valence-corrected chi connectivity index (χ4v) is 1.13. The number of H-pyrrole nitrogens is 2. The van der Waals surface area contributed by atoms with E-state index < -0.39 is 0 Å². The second kappa shape index (κ2) is 3.26. The molecule has 0 bridgehead atoms. The van der Waals surface area contributed by atoms with Crippen LogP contribution in [0.1, 0.15) is 0 Å². The van der Waals surface area contributed by atoms with Crippen LogP contribution in [0.15, 0.2) is 33.9 Å². The van der Waals surface area contributed by atoms with Gasteiger partial charge in [0.25, 0.3) is 11.1 Å². The first-order valence-corrected chi connectivity index (χ1v) is 3.49. The van der Waals surface area contributed by atoms with Crippen molar-refractivity contribution in [2.45, 2.75) is 0 Å². The van der Waals surface area contributed by atoms with Gasteiger partial charge in [0.05, 0.1) is 10.8 Å². The molecule has 0 atom stereocenters. The summed E-state index contributed by atoms with van der Waals surface area (Å²) in [4.78, 5) is 22.2. The van der Waals surface area contributed by atoms with Crippen molar-refractivity contribution in [1.82, 2.24) is 10.2 Å². The summed E-state index contributed by atoms with van der Waals surface area (Å²) in [5.74, 6) is 0. The first kappa shape index (κ1) is 9.25. The van der Waals surface area contributed by atoms with E-state index in [1.807, 2.05) is 0 Å². The molecule has 0 aliphatic heterocycles. The average Bonchev–Trinajstić information content (AvgIpc) is 2.12. The number of benzene rings is 1. The Hall–Kier alpha value is -1.84. The SMILES string of the molecule is O=c1[nH][nH]c(=O)c2ccccc12.[C]. The largest absolute Gasteiger partial charge is 0.270 e. The molecule has 0 saturated heterocycles. The van der Waals surface area contributed by atoms with Crippen LogP contribution in [0.5, 0.6) is 0 Å². The Balaban J connectivity index is 0.000000845. The fraction of sp³-hybridized carbons (Fsp3) is 0. The number of nitrogens with one attached hydrogen (secondary N) is 2. The lowest BCUT2D eigenvalue weighted by atomic mass is 10.2. The van der Waals surface area contributed by atoms with Crippen LogP contribution in [0.4, 0.5) is 0 Å². The molecule has 1 heterocycles. The van der Waals surface area contributed by atoms with Gasteiger partial charge in [0.1, 0.15) is 0 Å². The zero-order valence-corrected chi connectivity index (χ0v) is 6.63. The van der Waals surface area contributed by atoms with Gasteiger partial charge in [-0.15, -0.1) is 0 Å². The highest BCUT2D eigenvalue weighted by molar-refractivity contribution is 5.79. The van der Waals surface area contributed by atoms with Crippen molar-refractivity contribution in [2.75, 3.05) is 0 Å². The van der Waals surface area contributed by atoms with E-state index in [4.69, 9.17) is 0 Å². The summed E-state index contributed by atoms with van der Waals surface area (Å²) in [6, 6.07) is 6.67. The second-order valence-electron chi connectivity index (χ2n) is 2.45. The van der Waals surface area contributed by atoms with E-state index >= 15 is 0 Å². The van der Waals surface area contributed by atoms with Gasteiger partial charge in [0.15, 0.2) is 0 Å². The standard InChI is InChI=1S/C8H6N2O2.C/c11-7-5-3-1-2-4-6(5)8(12)10-9-7;/h1-4H,(H,9,11)(H,10,12);. The number of aromatic nitrogens is 2. The summed E-state index contributed by atoms with van der Waals surface area (Å²) >= 11 is 0. The Morgan fingerprint density at radius 1 is 0.846 bits per heavy atom. The van der Waals surface area contributed by atoms with Crippen LogP contribution in [0, 0.1) is 7.43 Å². The first-order chi connectivity index (χ1) is 5.79. The fourth-order valence-electron chi connectivity index (χ4n) is 1.13. The van der Waals surface area contributed by atoms with E-state index in [0.29, 0.717) is 10.8 Å². The molecule has 0 saturated carbocycles.